The molecule has 0 aromatic carbocycles. The van der Waals surface area contributed by atoms with Crippen LogP contribution in [0.4, 0.5) is 32.6 Å². The molecule has 4 aromatic rings. The largest absolute Gasteiger partial charge is 0.434 e. The Morgan fingerprint density at radius 3 is 2.57 bits per heavy atom. The summed E-state index contributed by atoms with van der Waals surface area (Å²) in [6.45, 7) is -0.903. The molecule has 0 aliphatic carbocycles. The van der Waals surface area contributed by atoms with Crippen molar-refractivity contribution >= 4 is 23.2 Å². The lowest BCUT2D eigenvalue weighted by Gasteiger charge is -2.12. The Bertz CT molecular complexity index is 1420. The van der Waals surface area contributed by atoms with E-state index in [1.807, 2.05) is 5.32 Å². The second-order valence-electron chi connectivity index (χ2n) is 6.76. The average Bonchev–Trinajstić information content (AvgIpc) is 3.47. The summed E-state index contributed by atoms with van der Waals surface area (Å²) in [6.07, 6.45) is -3.48. The SMILES string of the molecule is O=C(NCC(F)F)Nc1cc(-c2nc(C(F)(F)F)cs2)c(-c2cncc(-c3n[nH]c(=O)o3)c2)cn1. The second kappa shape index (κ2) is 9.57. The maximum absolute atomic E-state index is 13.1. The summed E-state index contributed by atoms with van der Waals surface area (Å²) in [4.78, 5) is 34.8. The van der Waals surface area contributed by atoms with Crippen LogP contribution in [0.3, 0.4) is 0 Å². The van der Waals surface area contributed by atoms with Crippen LogP contribution in [-0.4, -0.2) is 44.2 Å². The van der Waals surface area contributed by atoms with Crippen LogP contribution in [0.25, 0.3) is 33.2 Å². The summed E-state index contributed by atoms with van der Waals surface area (Å²) in [5, 5.41) is 10.8. The number of thiazole rings is 1. The van der Waals surface area contributed by atoms with Gasteiger partial charge in [0.2, 0.25) is 0 Å². The molecule has 16 heteroatoms. The van der Waals surface area contributed by atoms with Gasteiger partial charge in [-0.05, 0) is 12.1 Å². The van der Waals surface area contributed by atoms with Gasteiger partial charge in [0.05, 0.1) is 12.1 Å². The fourth-order valence-corrected chi connectivity index (χ4v) is 3.70. The van der Waals surface area contributed by atoms with Crippen LogP contribution < -0.4 is 16.4 Å². The van der Waals surface area contributed by atoms with Crippen molar-refractivity contribution in [3.05, 3.63) is 52.3 Å². The first kappa shape index (κ1) is 23.9. The van der Waals surface area contributed by atoms with Crippen molar-refractivity contribution in [1.29, 1.82) is 0 Å². The topological polar surface area (TPSA) is 139 Å². The summed E-state index contributed by atoms with van der Waals surface area (Å²) in [6, 6.07) is 1.77. The molecule has 4 heterocycles. The summed E-state index contributed by atoms with van der Waals surface area (Å²) in [7, 11) is 0. The highest BCUT2D eigenvalue weighted by atomic mass is 32.1. The van der Waals surface area contributed by atoms with Crippen LogP contribution in [0, 0.1) is 0 Å². The number of nitrogens with one attached hydrogen (secondary N) is 3. The fourth-order valence-electron chi connectivity index (χ4n) is 2.85. The Morgan fingerprint density at radius 2 is 1.91 bits per heavy atom. The summed E-state index contributed by atoms with van der Waals surface area (Å²) >= 11 is 0.700. The molecule has 0 saturated heterocycles. The number of halogens is 5. The Balaban J connectivity index is 1.76. The molecule has 2 amide bonds. The third-order valence-electron chi connectivity index (χ3n) is 4.32. The molecule has 0 fully saturated rings. The second-order valence-corrected chi connectivity index (χ2v) is 7.62. The quantitative estimate of drug-likeness (QED) is 0.331. The van der Waals surface area contributed by atoms with E-state index in [2.05, 4.69) is 30.5 Å². The highest BCUT2D eigenvalue weighted by molar-refractivity contribution is 7.13. The van der Waals surface area contributed by atoms with E-state index in [0.717, 1.165) is 5.38 Å². The Kier molecular flexibility index (Phi) is 6.54. The molecule has 0 saturated carbocycles. The van der Waals surface area contributed by atoms with Crippen molar-refractivity contribution in [3.8, 4) is 33.2 Å². The van der Waals surface area contributed by atoms with E-state index in [1.54, 1.807) is 0 Å². The number of aromatic nitrogens is 5. The van der Waals surface area contributed by atoms with Gasteiger partial charge in [-0.3, -0.25) is 10.3 Å². The van der Waals surface area contributed by atoms with Crippen molar-refractivity contribution in [1.82, 2.24) is 30.5 Å². The number of carbonyl (C=O) groups is 1. The van der Waals surface area contributed by atoms with Gasteiger partial charge in [0.25, 0.3) is 12.3 Å². The van der Waals surface area contributed by atoms with Gasteiger partial charge in [-0.2, -0.15) is 13.2 Å². The number of nitrogens with zero attached hydrogens (tertiary/aromatic N) is 4. The number of urea groups is 1. The number of hydrogen-bond acceptors (Lipinski definition) is 8. The van der Waals surface area contributed by atoms with E-state index < -0.39 is 36.6 Å². The van der Waals surface area contributed by atoms with Gasteiger partial charge in [0, 0.05) is 40.7 Å². The molecule has 0 unspecified atom stereocenters. The molecule has 3 N–H and O–H groups in total. The minimum atomic E-state index is -4.68. The van der Waals surface area contributed by atoms with Crippen LogP contribution in [0.5, 0.6) is 0 Å². The van der Waals surface area contributed by atoms with Crippen LogP contribution in [0.2, 0.25) is 0 Å². The highest BCUT2D eigenvalue weighted by Gasteiger charge is 2.34. The number of hydrogen-bond donors (Lipinski definition) is 3. The van der Waals surface area contributed by atoms with Crippen molar-refractivity contribution in [2.45, 2.75) is 12.6 Å². The van der Waals surface area contributed by atoms with Gasteiger partial charge in [-0.1, -0.05) is 0 Å². The Labute approximate surface area is 195 Å². The van der Waals surface area contributed by atoms with E-state index in [4.69, 9.17) is 4.42 Å². The standard InChI is InChI=1S/C19H12F5N7O3S/c20-13(21)6-27-17(32)29-14-2-10(16-28-12(7-35-16)19(22,23)24)11(5-26-14)8-1-9(4-25-3-8)15-30-31-18(33)34-15/h1-5,7,13H,6H2,(H,31,33)(H2,26,27,29,32). The normalized spacial score (nSPS) is 11.6. The smallest absolute Gasteiger partial charge is 0.388 e. The molecule has 0 atom stereocenters. The van der Waals surface area contributed by atoms with Gasteiger partial charge in [-0.25, -0.2) is 33.4 Å². The summed E-state index contributed by atoms with van der Waals surface area (Å²) in [5.41, 5.74) is -0.0517. The zero-order chi connectivity index (χ0) is 25.2. The lowest BCUT2D eigenvalue weighted by Crippen LogP contribution is -2.32. The van der Waals surface area contributed by atoms with E-state index >= 15 is 0 Å². The minimum absolute atomic E-state index is 0.0533. The van der Waals surface area contributed by atoms with Gasteiger partial charge in [0.1, 0.15) is 10.8 Å². The van der Waals surface area contributed by atoms with Crippen LogP contribution in [0.15, 0.2) is 45.3 Å². The number of aromatic amines is 1. The third-order valence-corrected chi connectivity index (χ3v) is 5.20. The maximum Gasteiger partial charge on any atom is 0.434 e. The number of pyridine rings is 2. The number of alkyl halides is 5. The van der Waals surface area contributed by atoms with E-state index in [-0.39, 0.29) is 33.4 Å². The highest BCUT2D eigenvalue weighted by Crippen LogP contribution is 2.38. The van der Waals surface area contributed by atoms with Crippen molar-refractivity contribution < 1.29 is 31.2 Å². The number of amides is 2. The molecule has 35 heavy (non-hydrogen) atoms. The first-order valence-corrected chi connectivity index (χ1v) is 10.4. The molecule has 0 aliphatic heterocycles. The predicted octanol–water partition coefficient (Wildman–Crippen LogP) is 4.02. The zero-order valence-electron chi connectivity index (χ0n) is 17.1. The first-order valence-electron chi connectivity index (χ1n) is 9.47. The number of carbonyl (C=O) groups excluding carboxylic acids is 1. The molecule has 4 rings (SSSR count). The van der Waals surface area contributed by atoms with Crippen molar-refractivity contribution in [3.63, 3.8) is 0 Å². The average molecular weight is 513 g/mol. The number of anilines is 1. The maximum atomic E-state index is 13.1. The van der Waals surface area contributed by atoms with Crippen molar-refractivity contribution in [2.24, 2.45) is 0 Å². The molecular formula is C19H12F5N7O3S. The van der Waals surface area contributed by atoms with E-state index in [9.17, 15) is 31.5 Å². The number of rotatable bonds is 6. The van der Waals surface area contributed by atoms with Crippen molar-refractivity contribution in [2.75, 3.05) is 11.9 Å². The van der Waals surface area contributed by atoms with Crippen LogP contribution in [0.1, 0.15) is 5.69 Å². The number of H-pyrrole nitrogens is 1. The lowest BCUT2D eigenvalue weighted by atomic mass is 10.0. The molecule has 0 radical (unpaired) electrons. The molecule has 0 aliphatic rings. The van der Waals surface area contributed by atoms with Crippen LogP contribution >= 0.6 is 11.3 Å². The molecular weight excluding hydrogens is 501 g/mol. The molecule has 10 nitrogen and oxygen atoms in total. The third kappa shape index (κ3) is 5.65. The zero-order valence-corrected chi connectivity index (χ0v) is 17.9. The van der Waals surface area contributed by atoms with Gasteiger partial charge < -0.3 is 9.73 Å². The molecule has 0 bridgehead atoms. The van der Waals surface area contributed by atoms with Gasteiger partial charge in [-0.15, -0.1) is 16.4 Å². The predicted molar refractivity (Wildman–Crippen MR) is 113 cm³/mol. The van der Waals surface area contributed by atoms with Crippen LogP contribution in [-0.2, 0) is 6.18 Å². The molecule has 4 aromatic heterocycles. The summed E-state index contributed by atoms with van der Waals surface area (Å²) in [5.74, 6) is -0.987. The minimum Gasteiger partial charge on any atom is -0.388 e. The Morgan fingerprint density at radius 1 is 1.14 bits per heavy atom. The van der Waals surface area contributed by atoms with E-state index in [1.165, 1.54) is 30.7 Å². The fraction of sp³-hybridized carbons (Fsp3) is 0.158. The molecule has 182 valence electrons. The monoisotopic (exact) mass is 513 g/mol. The lowest BCUT2D eigenvalue weighted by molar-refractivity contribution is -0.140. The molecule has 0 spiro atoms. The van der Waals surface area contributed by atoms with Gasteiger partial charge >= 0.3 is 18.0 Å². The Hall–Kier alpha value is -4.21. The first-order chi connectivity index (χ1) is 16.6. The summed E-state index contributed by atoms with van der Waals surface area (Å²) < 4.78 is 68.9. The van der Waals surface area contributed by atoms with E-state index in [0.29, 0.717) is 16.9 Å². The van der Waals surface area contributed by atoms with Gasteiger partial charge in [0.15, 0.2) is 5.69 Å².